The number of rotatable bonds is 7. The second kappa shape index (κ2) is 9.57. The normalized spacial score (nSPS) is 11.7. The number of methoxy groups -OCH3 is 2. The zero-order valence-corrected chi connectivity index (χ0v) is 15.9. The van der Waals surface area contributed by atoms with Crippen LogP contribution in [0.15, 0.2) is 42.5 Å². The minimum Gasteiger partial charge on any atom is -0.467 e. The molecule has 0 radical (unpaired) electrons. The molecule has 26 heavy (non-hydrogen) atoms. The van der Waals surface area contributed by atoms with E-state index in [4.69, 9.17) is 32.7 Å². The number of ether oxygens (including phenoxy) is 2. The molecule has 2 aromatic rings. The molecule has 0 fully saturated rings. The van der Waals surface area contributed by atoms with Gasteiger partial charge in [-0.05, 0) is 34.9 Å². The number of hydrogen-bond acceptors (Lipinski definition) is 4. The summed E-state index contributed by atoms with van der Waals surface area (Å²) in [4.78, 5) is 23.6. The van der Waals surface area contributed by atoms with Gasteiger partial charge in [-0.25, -0.2) is 4.79 Å². The van der Waals surface area contributed by atoms with Crippen LogP contribution in [-0.4, -0.2) is 38.7 Å². The monoisotopic (exact) mass is 395 g/mol. The predicted octanol–water partition coefficient (Wildman–Crippen LogP) is 3.51. The molecule has 1 N–H and O–H groups in total. The highest BCUT2D eigenvalue weighted by molar-refractivity contribution is 6.35. The van der Waals surface area contributed by atoms with Crippen LogP contribution in [0.4, 0.5) is 0 Å². The SMILES string of the molecule is COCC(=O)NC(Cc1ccc(-c2cc(Cl)cc(Cl)c2)cc1)C(=O)OC. The van der Waals surface area contributed by atoms with E-state index in [2.05, 4.69) is 5.32 Å². The maximum absolute atomic E-state index is 11.9. The summed E-state index contributed by atoms with van der Waals surface area (Å²) in [7, 11) is 2.69. The van der Waals surface area contributed by atoms with Crippen molar-refractivity contribution in [2.75, 3.05) is 20.8 Å². The number of esters is 1. The highest BCUT2D eigenvalue weighted by atomic mass is 35.5. The lowest BCUT2D eigenvalue weighted by Crippen LogP contribution is -2.44. The summed E-state index contributed by atoms with van der Waals surface area (Å²) in [6.45, 7) is -0.123. The van der Waals surface area contributed by atoms with Crippen molar-refractivity contribution in [3.05, 3.63) is 58.1 Å². The zero-order valence-electron chi connectivity index (χ0n) is 14.4. The molecule has 0 saturated carbocycles. The van der Waals surface area contributed by atoms with E-state index < -0.39 is 12.0 Å². The first-order valence-corrected chi connectivity index (χ1v) is 8.60. The van der Waals surface area contributed by atoms with Crippen LogP contribution in [0.5, 0.6) is 0 Å². The molecule has 0 spiro atoms. The van der Waals surface area contributed by atoms with Crippen molar-refractivity contribution < 1.29 is 19.1 Å². The van der Waals surface area contributed by atoms with E-state index in [1.807, 2.05) is 36.4 Å². The highest BCUT2D eigenvalue weighted by Crippen LogP contribution is 2.27. The van der Waals surface area contributed by atoms with Gasteiger partial charge < -0.3 is 14.8 Å². The predicted molar refractivity (Wildman–Crippen MR) is 101 cm³/mol. The standard InChI is InChI=1S/C19H19Cl2NO4/c1-25-11-18(23)22-17(19(24)26-2)7-12-3-5-13(6-4-12)14-8-15(20)10-16(21)9-14/h3-6,8-10,17H,7,11H2,1-2H3,(H,22,23). The number of halogens is 2. The van der Waals surface area contributed by atoms with Crippen molar-refractivity contribution in [3.8, 4) is 11.1 Å². The van der Waals surface area contributed by atoms with Gasteiger partial charge in [0, 0.05) is 23.6 Å². The zero-order chi connectivity index (χ0) is 19.1. The molecule has 138 valence electrons. The molecule has 0 aliphatic heterocycles. The number of amides is 1. The molecule has 0 aromatic heterocycles. The van der Waals surface area contributed by atoms with Gasteiger partial charge in [0.05, 0.1) is 7.11 Å². The van der Waals surface area contributed by atoms with Crippen LogP contribution < -0.4 is 5.32 Å². The fraction of sp³-hybridized carbons (Fsp3) is 0.263. The molecule has 0 bridgehead atoms. The average Bonchev–Trinajstić information content (AvgIpc) is 2.60. The molecule has 0 saturated heterocycles. The van der Waals surface area contributed by atoms with E-state index in [1.165, 1.54) is 14.2 Å². The smallest absolute Gasteiger partial charge is 0.328 e. The van der Waals surface area contributed by atoms with Crippen molar-refractivity contribution in [3.63, 3.8) is 0 Å². The molecular formula is C19H19Cl2NO4. The Morgan fingerprint density at radius 1 is 1.00 bits per heavy atom. The Morgan fingerprint density at radius 2 is 1.62 bits per heavy atom. The first-order chi connectivity index (χ1) is 12.4. The first kappa shape index (κ1) is 20.2. The molecule has 1 unspecified atom stereocenters. The maximum Gasteiger partial charge on any atom is 0.328 e. The Kier molecular flexibility index (Phi) is 7.45. The van der Waals surface area contributed by atoms with Gasteiger partial charge in [0.1, 0.15) is 12.6 Å². The third-order valence-electron chi connectivity index (χ3n) is 3.69. The van der Waals surface area contributed by atoms with Crippen LogP contribution in [0, 0.1) is 0 Å². The van der Waals surface area contributed by atoms with Crippen molar-refractivity contribution in [2.45, 2.75) is 12.5 Å². The van der Waals surface area contributed by atoms with Crippen LogP contribution in [-0.2, 0) is 25.5 Å². The molecule has 2 rings (SSSR count). The van der Waals surface area contributed by atoms with Gasteiger partial charge in [0.2, 0.25) is 5.91 Å². The van der Waals surface area contributed by atoms with Gasteiger partial charge in [-0.15, -0.1) is 0 Å². The second-order valence-corrected chi connectivity index (χ2v) is 6.51. The molecule has 7 heteroatoms. The lowest BCUT2D eigenvalue weighted by molar-refractivity contribution is -0.145. The number of carbonyl (C=O) groups excluding carboxylic acids is 2. The molecule has 0 heterocycles. The van der Waals surface area contributed by atoms with Gasteiger partial charge >= 0.3 is 5.97 Å². The van der Waals surface area contributed by atoms with Crippen molar-refractivity contribution >= 4 is 35.1 Å². The number of carbonyl (C=O) groups is 2. The van der Waals surface area contributed by atoms with Crippen molar-refractivity contribution in [1.29, 1.82) is 0 Å². The van der Waals surface area contributed by atoms with Crippen molar-refractivity contribution in [1.82, 2.24) is 5.32 Å². The minimum atomic E-state index is -0.783. The van der Waals surface area contributed by atoms with E-state index in [9.17, 15) is 9.59 Å². The maximum atomic E-state index is 11.9. The van der Waals surface area contributed by atoms with E-state index in [-0.39, 0.29) is 12.5 Å². The summed E-state index contributed by atoms with van der Waals surface area (Å²) in [6.07, 6.45) is 0.304. The van der Waals surface area contributed by atoms with Crippen LogP contribution in [0.2, 0.25) is 10.0 Å². The van der Waals surface area contributed by atoms with Gasteiger partial charge in [-0.1, -0.05) is 47.5 Å². The fourth-order valence-electron chi connectivity index (χ4n) is 2.49. The Balaban J connectivity index is 2.14. The number of benzene rings is 2. The van der Waals surface area contributed by atoms with Crippen molar-refractivity contribution in [2.24, 2.45) is 0 Å². The van der Waals surface area contributed by atoms with Gasteiger partial charge in [0.25, 0.3) is 0 Å². The van der Waals surface area contributed by atoms with Crippen LogP contribution in [0.25, 0.3) is 11.1 Å². The summed E-state index contributed by atoms with van der Waals surface area (Å²) >= 11 is 12.1. The lowest BCUT2D eigenvalue weighted by atomic mass is 10.0. The Labute approximate surface area is 162 Å². The quantitative estimate of drug-likeness (QED) is 0.728. The molecule has 2 aromatic carbocycles. The third-order valence-corrected chi connectivity index (χ3v) is 4.12. The van der Waals surface area contributed by atoms with Gasteiger partial charge in [0.15, 0.2) is 0 Å². The number of hydrogen-bond donors (Lipinski definition) is 1. The minimum absolute atomic E-state index is 0.123. The van der Waals surface area contributed by atoms with Crippen LogP contribution in [0.1, 0.15) is 5.56 Å². The highest BCUT2D eigenvalue weighted by Gasteiger charge is 2.21. The van der Waals surface area contributed by atoms with Crippen LogP contribution >= 0.6 is 23.2 Å². The van der Waals surface area contributed by atoms with Gasteiger partial charge in [-0.3, -0.25) is 4.79 Å². The molecule has 5 nitrogen and oxygen atoms in total. The Morgan fingerprint density at radius 3 is 2.15 bits per heavy atom. The largest absolute Gasteiger partial charge is 0.467 e. The lowest BCUT2D eigenvalue weighted by Gasteiger charge is -2.16. The fourth-order valence-corrected chi connectivity index (χ4v) is 3.02. The Bertz CT molecular complexity index is 757. The summed E-state index contributed by atoms with van der Waals surface area (Å²) in [6, 6.07) is 12.1. The third kappa shape index (κ3) is 5.73. The molecule has 0 aliphatic carbocycles. The van der Waals surface area contributed by atoms with E-state index in [0.717, 1.165) is 16.7 Å². The topological polar surface area (TPSA) is 64.6 Å². The summed E-state index contributed by atoms with van der Waals surface area (Å²) in [5, 5.41) is 3.72. The van der Waals surface area contributed by atoms with E-state index in [0.29, 0.717) is 16.5 Å². The van der Waals surface area contributed by atoms with E-state index >= 15 is 0 Å². The molecule has 1 amide bonds. The average molecular weight is 396 g/mol. The Hall–Kier alpha value is -2.08. The summed E-state index contributed by atoms with van der Waals surface area (Å²) in [5.74, 6) is -0.895. The molecular weight excluding hydrogens is 377 g/mol. The first-order valence-electron chi connectivity index (χ1n) is 7.84. The number of nitrogens with one attached hydrogen (secondary N) is 1. The second-order valence-electron chi connectivity index (χ2n) is 5.64. The molecule has 0 aliphatic rings. The molecule has 1 atom stereocenters. The van der Waals surface area contributed by atoms with E-state index in [1.54, 1.807) is 6.07 Å². The summed E-state index contributed by atoms with van der Waals surface area (Å²) < 4.78 is 9.53. The van der Waals surface area contributed by atoms with Crippen LogP contribution in [0.3, 0.4) is 0 Å². The van der Waals surface area contributed by atoms with Gasteiger partial charge in [-0.2, -0.15) is 0 Å². The summed E-state index contributed by atoms with van der Waals surface area (Å²) in [5.41, 5.74) is 2.71.